The number of amides is 1. The second-order valence-corrected chi connectivity index (χ2v) is 11.2. The van der Waals surface area contributed by atoms with E-state index < -0.39 is 0 Å². The van der Waals surface area contributed by atoms with Crippen molar-refractivity contribution in [2.75, 3.05) is 23.3 Å². The third kappa shape index (κ3) is 4.83. The van der Waals surface area contributed by atoms with Crippen LogP contribution in [0.4, 0.5) is 11.5 Å². The monoisotopic (exact) mass is 508 g/mol. The van der Waals surface area contributed by atoms with Crippen molar-refractivity contribution in [2.24, 2.45) is 5.41 Å². The van der Waals surface area contributed by atoms with E-state index >= 15 is 0 Å². The number of hydrogen-bond donors (Lipinski definition) is 3. The average molecular weight is 509 g/mol. The second-order valence-electron chi connectivity index (χ2n) is 11.2. The normalized spacial score (nSPS) is 14.3. The zero-order valence-electron chi connectivity index (χ0n) is 22.0. The molecule has 6 rings (SSSR count). The van der Waals surface area contributed by atoms with Gasteiger partial charge in [0.15, 0.2) is 0 Å². The first-order valence-electron chi connectivity index (χ1n) is 13.2. The Morgan fingerprint density at radius 2 is 1.89 bits per heavy atom. The Kier molecular flexibility index (Phi) is 6.06. The van der Waals surface area contributed by atoms with Crippen molar-refractivity contribution in [3.8, 4) is 22.6 Å². The number of nitrogens with zero attached hydrogens (tertiary/aromatic N) is 5. The number of H-pyrrole nitrogens is 2. The average Bonchev–Trinajstić information content (AvgIpc) is 3.51. The quantitative estimate of drug-likeness (QED) is 0.271. The molecule has 0 spiro atoms. The Morgan fingerprint density at radius 3 is 2.71 bits per heavy atom. The van der Waals surface area contributed by atoms with Gasteiger partial charge in [-0.05, 0) is 55.0 Å². The number of fused-ring (bicyclic) bond motifs is 2. The molecular formula is C29H32N8O. The van der Waals surface area contributed by atoms with E-state index in [9.17, 15) is 4.79 Å². The lowest BCUT2D eigenvalue weighted by Crippen LogP contribution is -2.30. The Hall–Kier alpha value is -4.27. The summed E-state index contributed by atoms with van der Waals surface area (Å²) in [7, 11) is 0. The topological polar surface area (TPSA) is 115 Å². The summed E-state index contributed by atoms with van der Waals surface area (Å²) in [5, 5.41) is 11.8. The van der Waals surface area contributed by atoms with Crippen LogP contribution in [0.1, 0.15) is 46.5 Å². The third-order valence-electron chi connectivity index (χ3n) is 6.85. The van der Waals surface area contributed by atoms with E-state index in [1.807, 2.05) is 51.2 Å². The van der Waals surface area contributed by atoms with Crippen molar-refractivity contribution in [3.05, 3.63) is 48.9 Å². The maximum Gasteiger partial charge on any atom is 0.224 e. The number of nitrogens with one attached hydrogen (secondary N) is 3. The fourth-order valence-corrected chi connectivity index (χ4v) is 5.11. The number of piperidine rings is 1. The highest BCUT2D eigenvalue weighted by molar-refractivity contribution is 5.98. The van der Waals surface area contributed by atoms with Crippen molar-refractivity contribution in [3.63, 3.8) is 0 Å². The van der Waals surface area contributed by atoms with Crippen molar-refractivity contribution in [2.45, 2.75) is 46.5 Å². The fourth-order valence-electron chi connectivity index (χ4n) is 5.11. The van der Waals surface area contributed by atoms with Gasteiger partial charge in [-0.2, -0.15) is 5.10 Å². The van der Waals surface area contributed by atoms with Crippen molar-refractivity contribution < 1.29 is 4.79 Å². The van der Waals surface area contributed by atoms with Gasteiger partial charge in [0.1, 0.15) is 17.0 Å². The van der Waals surface area contributed by atoms with Gasteiger partial charge in [0.2, 0.25) is 5.91 Å². The molecule has 1 aliphatic rings. The van der Waals surface area contributed by atoms with Crippen LogP contribution in [0.2, 0.25) is 0 Å². The number of carbonyl (C=O) groups is 1. The molecule has 38 heavy (non-hydrogen) atoms. The standard InChI is InChI=1S/C29H32N8O/c1-29(2,3)15-25(38)32-19-13-18(16-30-17-19)21-7-8-23-26(34-21)27(36-35-23)24-14-20-22(33-24)9-10-31-28(20)37-11-5-4-6-12-37/h7-10,13-14,16-17,33H,4-6,11-12,15H2,1-3H3,(H,32,38)(H,35,36). The van der Waals surface area contributed by atoms with Gasteiger partial charge in [-0.1, -0.05) is 20.8 Å². The SMILES string of the molecule is CC(C)(C)CC(=O)Nc1cncc(-c2ccc3[nH]nc(-c4cc5c(N6CCCCC6)nccc5[nH]4)c3n2)c1. The Bertz CT molecular complexity index is 1620. The molecule has 194 valence electrons. The summed E-state index contributed by atoms with van der Waals surface area (Å²) in [6.45, 7) is 8.20. The van der Waals surface area contributed by atoms with Gasteiger partial charge in [-0.15, -0.1) is 0 Å². The van der Waals surface area contributed by atoms with Gasteiger partial charge in [-0.3, -0.25) is 14.9 Å². The van der Waals surface area contributed by atoms with Crippen LogP contribution in [0.15, 0.2) is 48.9 Å². The van der Waals surface area contributed by atoms with Gasteiger partial charge in [0, 0.05) is 42.9 Å². The maximum absolute atomic E-state index is 12.4. The molecule has 9 nitrogen and oxygen atoms in total. The van der Waals surface area contributed by atoms with Gasteiger partial charge < -0.3 is 15.2 Å². The third-order valence-corrected chi connectivity index (χ3v) is 6.85. The molecule has 1 amide bonds. The lowest BCUT2D eigenvalue weighted by Gasteiger charge is -2.28. The first-order valence-corrected chi connectivity index (χ1v) is 13.2. The number of hydrogen-bond acceptors (Lipinski definition) is 6. The van der Waals surface area contributed by atoms with Gasteiger partial charge in [0.05, 0.1) is 34.3 Å². The van der Waals surface area contributed by atoms with E-state index in [-0.39, 0.29) is 11.3 Å². The lowest BCUT2D eigenvalue weighted by molar-refractivity contribution is -0.117. The van der Waals surface area contributed by atoms with E-state index in [1.165, 1.54) is 19.3 Å². The summed E-state index contributed by atoms with van der Waals surface area (Å²) >= 11 is 0. The molecule has 0 saturated carbocycles. The van der Waals surface area contributed by atoms with Crippen LogP contribution >= 0.6 is 0 Å². The zero-order valence-corrected chi connectivity index (χ0v) is 22.0. The summed E-state index contributed by atoms with van der Waals surface area (Å²) in [6.07, 6.45) is 9.38. The predicted molar refractivity (Wildman–Crippen MR) is 151 cm³/mol. The van der Waals surface area contributed by atoms with Crippen LogP contribution in [0, 0.1) is 5.41 Å². The molecule has 6 heterocycles. The van der Waals surface area contributed by atoms with E-state index in [2.05, 4.69) is 36.4 Å². The molecule has 5 aromatic heterocycles. The molecule has 1 aliphatic heterocycles. The number of aromatic amines is 2. The second kappa shape index (κ2) is 9.55. The van der Waals surface area contributed by atoms with E-state index in [4.69, 9.17) is 9.97 Å². The van der Waals surface area contributed by atoms with Crippen LogP contribution in [-0.4, -0.2) is 49.1 Å². The number of anilines is 2. The highest BCUT2D eigenvalue weighted by Gasteiger charge is 2.20. The summed E-state index contributed by atoms with van der Waals surface area (Å²) in [6, 6.07) is 9.95. The molecule has 0 aliphatic carbocycles. The Labute approximate surface area is 221 Å². The molecule has 1 saturated heterocycles. The van der Waals surface area contributed by atoms with Crippen LogP contribution in [-0.2, 0) is 4.79 Å². The molecule has 9 heteroatoms. The summed E-state index contributed by atoms with van der Waals surface area (Å²) < 4.78 is 0. The van der Waals surface area contributed by atoms with Crippen LogP contribution in [0.25, 0.3) is 44.6 Å². The Balaban J connectivity index is 1.33. The van der Waals surface area contributed by atoms with Gasteiger partial charge in [-0.25, -0.2) is 9.97 Å². The highest BCUT2D eigenvalue weighted by atomic mass is 16.1. The minimum Gasteiger partial charge on any atom is -0.356 e. The smallest absolute Gasteiger partial charge is 0.224 e. The van der Waals surface area contributed by atoms with Crippen LogP contribution in [0.5, 0.6) is 0 Å². The van der Waals surface area contributed by atoms with E-state index in [0.29, 0.717) is 12.1 Å². The van der Waals surface area contributed by atoms with E-state index in [1.54, 1.807) is 12.4 Å². The van der Waals surface area contributed by atoms with Crippen molar-refractivity contribution in [1.82, 2.24) is 30.1 Å². The molecule has 0 atom stereocenters. The van der Waals surface area contributed by atoms with Crippen LogP contribution < -0.4 is 10.2 Å². The minimum absolute atomic E-state index is 0.0331. The Morgan fingerprint density at radius 1 is 1.05 bits per heavy atom. The predicted octanol–water partition coefficient (Wildman–Crippen LogP) is 5.93. The zero-order chi connectivity index (χ0) is 26.3. The number of rotatable bonds is 5. The first-order chi connectivity index (χ1) is 18.3. The number of carbonyl (C=O) groups excluding carboxylic acids is 1. The van der Waals surface area contributed by atoms with Gasteiger partial charge in [0.25, 0.3) is 0 Å². The number of aromatic nitrogens is 6. The van der Waals surface area contributed by atoms with Crippen LogP contribution in [0.3, 0.4) is 0 Å². The summed E-state index contributed by atoms with van der Waals surface area (Å²) in [4.78, 5) is 32.4. The molecular weight excluding hydrogens is 476 g/mol. The molecule has 0 radical (unpaired) electrons. The van der Waals surface area contributed by atoms with Crippen molar-refractivity contribution >= 4 is 39.3 Å². The molecule has 1 fully saturated rings. The minimum atomic E-state index is -0.0907. The molecule has 3 N–H and O–H groups in total. The molecule has 5 aromatic rings. The van der Waals surface area contributed by atoms with Gasteiger partial charge >= 0.3 is 0 Å². The highest BCUT2D eigenvalue weighted by Crippen LogP contribution is 2.33. The van der Waals surface area contributed by atoms with E-state index in [0.717, 1.165) is 63.5 Å². The molecule has 0 aromatic carbocycles. The first kappa shape index (κ1) is 24.1. The lowest BCUT2D eigenvalue weighted by atomic mass is 9.92. The maximum atomic E-state index is 12.4. The summed E-state index contributed by atoms with van der Waals surface area (Å²) in [5.74, 6) is 0.990. The van der Waals surface area contributed by atoms with Crippen molar-refractivity contribution in [1.29, 1.82) is 0 Å². The molecule has 0 bridgehead atoms. The largest absolute Gasteiger partial charge is 0.356 e. The summed E-state index contributed by atoms with van der Waals surface area (Å²) in [5.41, 5.74) is 6.43. The fraction of sp³-hybridized carbons (Fsp3) is 0.345. The number of pyridine rings is 3. The molecule has 0 unspecified atom stereocenters.